The minimum atomic E-state index is -0.623. The molecule has 0 aliphatic rings. The number of benzene rings is 1. The highest BCUT2D eigenvalue weighted by atomic mass is 19.1. The topological polar surface area (TPSA) is 61.0 Å². The monoisotopic (exact) mass is 321 g/mol. The molecule has 4 rings (SSSR count). The summed E-state index contributed by atoms with van der Waals surface area (Å²) in [6, 6.07) is 12.3. The van der Waals surface area contributed by atoms with Crippen LogP contribution in [0.3, 0.4) is 0 Å². The normalized spacial score (nSPS) is 12.2. The summed E-state index contributed by atoms with van der Waals surface area (Å²) in [6.07, 6.45) is 5.13. The molecule has 0 spiro atoms. The van der Waals surface area contributed by atoms with Gasteiger partial charge in [0.15, 0.2) is 18.3 Å². The van der Waals surface area contributed by atoms with Gasteiger partial charge in [0.2, 0.25) is 0 Å². The van der Waals surface area contributed by atoms with Crippen LogP contribution in [0.5, 0.6) is 5.75 Å². The molecule has 24 heavy (non-hydrogen) atoms. The molecule has 4 aromatic rings. The molecule has 5 nitrogen and oxygen atoms in total. The van der Waals surface area contributed by atoms with Gasteiger partial charge >= 0.3 is 0 Å². The van der Waals surface area contributed by atoms with E-state index in [0.717, 1.165) is 17.1 Å². The Kier molecular flexibility index (Phi) is 3.63. The lowest BCUT2D eigenvalue weighted by Crippen LogP contribution is -2.10. The predicted octanol–water partition coefficient (Wildman–Crippen LogP) is 3.93. The van der Waals surface area contributed by atoms with Gasteiger partial charge in [0.05, 0.1) is 23.6 Å². The van der Waals surface area contributed by atoms with Crippen molar-refractivity contribution in [3.8, 4) is 5.75 Å². The molecule has 118 valence electrons. The second-order valence-electron chi connectivity index (χ2n) is 5.16. The largest absolute Gasteiger partial charge is 0.476 e. The fourth-order valence-corrected chi connectivity index (χ4v) is 2.42. The van der Waals surface area contributed by atoms with Gasteiger partial charge in [-0.3, -0.25) is 9.97 Å². The summed E-state index contributed by atoms with van der Waals surface area (Å²) in [7, 11) is 0. The maximum absolute atomic E-state index is 13.1. The molecule has 1 aromatic carbocycles. The number of nitrogens with zero attached hydrogens (tertiary/aromatic N) is 3. The van der Waals surface area contributed by atoms with Gasteiger partial charge in [0, 0.05) is 11.6 Å². The Morgan fingerprint density at radius 3 is 2.79 bits per heavy atom. The van der Waals surface area contributed by atoms with Crippen LogP contribution in [0.15, 0.2) is 71.9 Å². The molecular weight excluding hydrogens is 309 g/mol. The molecule has 0 aliphatic heterocycles. The highest BCUT2D eigenvalue weighted by Crippen LogP contribution is 2.29. The average Bonchev–Trinajstić information content (AvgIpc) is 3.15. The van der Waals surface area contributed by atoms with Crippen molar-refractivity contribution in [2.24, 2.45) is 0 Å². The van der Waals surface area contributed by atoms with Gasteiger partial charge in [0.25, 0.3) is 0 Å². The van der Waals surface area contributed by atoms with Crippen LogP contribution in [0.4, 0.5) is 4.39 Å². The standard InChI is InChI=1S/C18H12FN3O2/c19-13-3-5-16(22-9-13)18(17-10-20-11-23-17)24-14-4-6-15-12(8-14)2-1-7-21-15/h1-11,18H. The number of rotatable bonds is 4. The number of oxazole rings is 1. The van der Waals surface area contributed by atoms with Crippen molar-refractivity contribution in [3.05, 3.63) is 84.7 Å². The molecular formula is C18H12FN3O2. The van der Waals surface area contributed by atoms with Crippen LogP contribution < -0.4 is 4.74 Å². The zero-order chi connectivity index (χ0) is 16.4. The maximum atomic E-state index is 13.1. The summed E-state index contributed by atoms with van der Waals surface area (Å²) in [5, 5.41) is 0.957. The van der Waals surface area contributed by atoms with E-state index in [1.807, 2.05) is 30.3 Å². The van der Waals surface area contributed by atoms with E-state index in [-0.39, 0.29) is 0 Å². The highest BCUT2D eigenvalue weighted by Gasteiger charge is 2.21. The summed E-state index contributed by atoms with van der Waals surface area (Å²) in [6.45, 7) is 0. The van der Waals surface area contributed by atoms with E-state index >= 15 is 0 Å². The molecule has 0 radical (unpaired) electrons. The SMILES string of the molecule is Fc1ccc(C(Oc2ccc3ncccc3c2)c2cnco2)nc1. The molecule has 0 bridgehead atoms. The first-order valence-corrected chi connectivity index (χ1v) is 7.31. The third-order valence-corrected chi connectivity index (χ3v) is 3.56. The van der Waals surface area contributed by atoms with Gasteiger partial charge in [-0.1, -0.05) is 6.07 Å². The molecule has 1 atom stereocenters. The van der Waals surface area contributed by atoms with E-state index < -0.39 is 11.9 Å². The van der Waals surface area contributed by atoms with E-state index in [1.54, 1.807) is 18.5 Å². The Morgan fingerprint density at radius 1 is 1.04 bits per heavy atom. The summed E-state index contributed by atoms with van der Waals surface area (Å²) in [5.74, 6) is 0.704. The zero-order valence-corrected chi connectivity index (χ0v) is 12.5. The number of hydrogen-bond donors (Lipinski definition) is 0. The second-order valence-corrected chi connectivity index (χ2v) is 5.16. The third kappa shape index (κ3) is 2.81. The Morgan fingerprint density at radius 2 is 2.00 bits per heavy atom. The van der Waals surface area contributed by atoms with E-state index in [4.69, 9.17) is 9.15 Å². The first kappa shape index (κ1) is 14.3. The molecule has 0 N–H and O–H groups in total. The number of aromatic nitrogens is 3. The van der Waals surface area contributed by atoms with Crippen molar-refractivity contribution in [1.82, 2.24) is 15.0 Å². The van der Waals surface area contributed by atoms with E-state index in [2.05, 4.69) is 15.0 Å². The summed E-state index contributed by atoms with van der Waals surface area (Å²) >= 11 is 0. The fraction of sp³-hybridized carbons (Fsp3) is 0.0556. The zero-order valence-electron chi connectivity index (χ0n) is 12.5. The van der Waals surface area contributed by atoms with E-state index in [1.165, 1.54) is 12.5 Å². The first-order valence-electron chi connectivity index (χ1n) is 7.31. The lowest BCUT2D eigenvalue weighted by atomic mass is 10.1. The number of pyridine rings is 2. The molecule has 0 amide bonds. The molecule has 1 unspecified atom stereocenters. The van der Waals surface area contributed by atoms with Crippen LogP contribution in [0.25, 0.3) is 10.9 Å². The van der Waals surface area contributed by atoms with E-state index in [9.17, 15) is 4.39 Å². The minimum absolute atomic E-state index is 0.410. The van der Waals surface area contributed by atoms with Crippen LogP contribution in [0, 0.1) is 5.82 Å². The summed E-state index contributed by atoms with van der Waals surface area (Å²) in [4.78, 5) is 12.3. The molecule has 3 heterocycles. The van der Waals surface area contributed by atoms with Crippen LogP contribution in [0.2, 0.25) is 0 Å². The Labute approximate surface area is 136 Å². The van der Waals surface area contributed by atoms with Crippen molar-refractivity contribution in [2.45, 2.75) is 6.10 Å². The summed E-state index contributed by atoms with van der Waals surface area (Å²) < 4.78 is 24.6. The van der Waals surface area contributed by atoms with Crippen molar-refractivity contribution in [3.63, 3.8) is 0 Å². The maximum Gasteiger partial charge on any atom is 0.199 e. The fourth-order valence-electron chi connectivity index (χ4n) is 2.42. The highest BCUT2D eigenvalue weighted by molar-refractivity contribution is 5.79. The van der Waals surface area contributed by atoms with Crippen LogP contribution >= 0.6 is 0 Å². The van der Waals surface area contributed by atoms with Gasteiger partial charge in [-0.05, 0) is 36.4 Å². The number of hydrogen-bond acceptors (Lipinski definition) is 5. The molecule has 6 heteroatoms. The van der Waals surface area contributed by atoms with Gasteiger partial charge < -0.3 is 9.15 Å². The van der Waals surface area contributed by atoms with Crippen LogP contribution in [-0.2, 0) is 0 Å². The molecule has 3 aromatic heterocycles. The number of ether oxygens (including phenoxy) is 1. The Hall–Kier alpha value is -3.28. The minimum Gasteiger partial charge on any atom is -0.476 e. The summed E-state index contributed by atoms with van der Waals surface area (Å²) in [5.41, 5.74) is 1.40. The Balaban J connectivity index is 1.71. The molecule has 0 saturated carbocycles. The molecule has 0 fully saturated rings. The van der Waals surface area contributed by atoms with Crippen molar-refractivity contribution in [1.29, 1.82) is 0 Å². The molecule has 0 saturated heterocycles. The number of halogens is 1. The van der Waals surface area contributed by atoms with Crippen molar-refractivity contribution in [2.75, 3.05) is 0 Å². The van der Waals surface area contributed by atoms with E-state index in [0.29, 0.717) is 17.2 Å². The lowest BCUT2D eigenvalue weighted by molar-refractivity contribution is 0.210. The third-order valence-electron chi connectivity index (χ3n) is 3.56. The first-order chi connectivity index (χ1) is 11.8. The predicted molar refractivity (Wildman–Crippen MR) is 84.9 cm³/mol. The van der Waals surface area contributed by atoms with Crippen molar-refractivity contribution < 1.29 is 13.5 Å². The van der Waals surface area contributed by atoms with Gasteiger partial charge in [-0.15, -0.1) is 0 Å². The Bertz CT molecular complexity index is 956. The average molecular weight is 321 g/mol. The van der Waals surface area contributed by atoms with Gasteiger partial charge in [-0.2, -0.15) is 0 Å². The smallest absolute Gasteiger partial charge is 0.199 e. The quantitative estimate of drug-likeness (QED) is 0.570. The van der Waals surface area contributed by atoms with Gasteiger partial charge in [-0.25, -0.2) is 9.37 Å². The van der Waals surface area contributed by atoms with Crippen molar-refractivity contribution >= 4 is 10.9 Å². The van der Waals surface area contributed by atoms with Gasteiger partial charge in [0.1, 0.15) is 11.6 Å². The van der Waals surface area contributed by atoms with Crippen LogP contribution in [-0.4, -0.2) is 15.0 Å². The van der Waals surface area contributed by atoms with Crippen LogP contribution in [0.1, 0.15) is 17.6 Å². The lowest BCUT2D eigenvalue weighted by Gasteiger charge is -2.16. The molecule has 0 aliphatic carbocycles. The second kappa shape index (κ2) is 6.08. The number of fused-ring (bicyclic) bond motifs is 1.